The van der Waals surface area contributed by atoms with Crippen molar-refractivity contribution in [1.29, 1.82) is 0 Å². The Labute approximate surface area is 93.6 Å². The zero-order valence-corrected chi connectivity index (χ0v) is 9.26. The molecule has 0 fully saturated rings. The summed E-state index contributed by atoms with van der Waals surface area (Å²) >= 11 is 0. The average molecular weight is 237 g/mol. The lowest BCUT2D eigenvalue weighted by atomic mass is 10.4. The second kappa shape index (κ2) is 4.07. The lowest BCUT2D eigenvalue weighted by Crippen LogP contribution is -2.11. The molecule has 2 heterocycles. The summed E-state index contributed by atoms with van der Waals surface area (Å²) in [5.41, 5.74) is 6.20. The summed E-state index contributed by atoms with van der Waals surface area (Å²) in [5, 5.41) is 0. The number of nitrogens with two attached hydrogens (primary N) is 1. The van der Waals surface area contributed by atoms with Crippen molar-refractivity contribution in [3.05, 3.63) is 48.5 Å². The molecule has 0 aliphatic rings. The molecule has 16 heavy (non-hydrogen) atoms. The first-order valence-corrected chi connectivity index (χ1v) is 6.11. The van der Waals surface area contributed by atoms with Crippen molar-refractivity contribution in [1.82, 2.24) is 8.96 Å². The van der Waals surface area contributed by atoms with Gasteiger partial charge in [0, 0.05) is 31.3 Å². The second-order valence-electron chi connectivity index (χ2n) is 3.25. The number of aromatic nitrogens is 2. The van der Waals surface area contributed by atoms with Crippen molar-refractivity contribution < 1.29 is 8.42 Å². The predicted octanol–water partition coefficient (Wildman–Crippen LogP) is 0.579. The van der Waals surface area contributed by atoms with Crippen LogP contribution in [0.2, 0.25) is 0 Å². The number of rotatable bonds is 3. The zero-order chi connectivity index (χ0) is 11.6. The van der Waals surface area contributed by atoms with Crippen LogP contribution in [0.5, 0.6) is 0 Å². The van der Waals surface area contributed by atoms with Crippen molar-refractivity contribution in [2.24, 2.45) is 5.73 Å². The van der Waals surface area contributed by atoms with E-state index in [1.165, 1.54) is 30.9 Å². The van der Waals surface area contributed by atoms with E-state index in [1.807, 2.05) is 0 Å². The highest BCUT2D eigenvalue weighted by Gasteiger charge is 2.16. The van der Waals surface area contributed by atoms with Gasteiger partial charge in [0.05, 0.1) is 0 Å². The van der Waals surface area contributed by atoms with Gasteiger partial charge in [0.2, 0.25) is 0 Å². The van der Waals surface area contributed by atoms with Gasteiger partial charge in [-0.1, -0.05) is 0 Å². The lowest BCUT2D eigenvalue weighted by Gasteiger charge is -2.04. The molecule has 0 saturated heterocycles. The molecule has 5 nitrogen and oxygen atoms in total. The Morgan fingerprint density at radius 2 is 2.19 bits per heavy atom. The van der Waals surface area contributed by atoms with Gasteiger partial charge in [0.25, 0.3) is 10.0 Å². The van der Waals surface area contributed by atoms with Gasteiger partial charge in [0.1, 0.15) is 4.90 Å². The maximum absolute atomic E-state index is 12.0. The first kappa shape index (κ1) is 10.8. The molecule has 84 valence electrons. The van der Waals surface area contributed by atoms with Crippen molar-refractivity contribution in [2.45, 2.75) is 11.4 Å². The molecule has 0 spiro atoms. The molecule has 0 radical (unpaired) electrons. The quantitative estimate of drug-likeness (QED) is 0.847. The van der Waals surface area contributed by atoms with Gasteiger partial charge in [-0.15, -0.1) is 0 Å². The molecule has 6 heteroatoms. The molecule has 0 atom stereocenters. The largest absolute Gasteiger partial charge is 0.326 e. The van der Waals surface area contributed by atoms with Crippen LogP contribution in [0.4, 0.5) is 0 Å². The number of hydrogen-bond donors (Lipinski definition) is 1. The van der Waals surface area contributed by atoms with Gasteiger partial charge in [-0.05, 0) is 23.8 Å². The van der Waals surface area contributed by atoms with E-state index in [2.05, 4.69) is 4.98 Å². The van der Waals surface area contributed by atoms with Crippen molar-refractivity contribution >= 4 is 10.0 Å². The predicted molar refractivity (Wildman–Crippen MR) is 59.1 cm³/mol. The van der Waals surface area contributed by atoms with Crippen LogP contribution < -0.4 is 5.73 Å². The average Bonchev–Trinajstić information content (AvgIpc) is 2.79. The fourth-order valence-corrected chi connectivity index (χ4v) is 2.49. The highest BCUT2D eigenvalue weighted by molar-refractivity contribution is 7.90. The minimum Gasteiger partial charge on any atom is -0.326 e. The Morgan fingerprint density at radius 1 is 1.38 bits per heavy atom. The molecular formula is C10H11N3O2S. The van der Waals surface area contributed by atoms with E-state index in [-0.39, 0.29) is 4.90 Å². The maximum atomic E-state index is 12.0. The number of nitrogens with zero attached hydrogens (tertiary/aromatic N) is 2. The van der Waals surface area contributed by atoms with Crippen LogP contribution >= 0.6 is 0 Å². The van der Waals surface area contributed by atoms with E-state index in [0.717, 1.165) is 9.54 Å². The summed E-state index contributed by atoms with van der Waals surface area (Å²) < 4.78 is 25.2. The Morgan fingerprint density at radius 3 is 2.75 bits per heavy atom. The Balaban J connectivity index is 2.47. The highest BCUT2D eigenvalue weighted by Crippen LogP contribution is 2.13. The van der Waals surface area contributed by atoms with Gasteiger partial charge in [-0.3, -0.25) is 4.98 Å². The van der Waals surface area contributed by atoms with E-state index in [9.17, 15) is 8.42 Å². The van der Waals surface area contributed by atoms with Gasteiger partial charge in [0.15, 0.2) is 0 Å². The molecule has 0 aliphatic heterocycles. The van der Waals surface area contributed by atoms with Gasteiger partial charge >= 0.3 is 0 Å². The van der Waals surface area contributed by atoms with Gasteiger partial charge < -0.3 is 5.73 Å². The van der Waals surface area contributed by atoms with Crippen LogP contribution in [0, 0.1) is 0 Å². The molecule has 2 aromatic heterocycles. The molecule has 0 bridgehead atoms. The summed E-state index contributed by atoms with van der Waals surface area (Å²) in [7, 11) is -3.53. The monoisotopic (exact) mass is 237 g/mol. The van der Waals surface area contributed by atoms with Crippen LogP contribution in [0.1, 0.15) is 5.56 Å². The van der Waals surface area contributed by atoms with Gasteiger partial charge in [-0.2, -0.15) is 0 Å². The first-order chi connectivity index (χ1) is 7.64. The summed E-state index contributed by atoms with van der Waals surface area (Å²) in [6.07, 6.45) is 5.82. The minimum absolute atomic E-state index is 0.161. The van der Waals surface area contributed by atoms with Crippen molar-refractivity contribution in [2.75, 3.05) is 0 Å². The molecule has 0 amide bonds. The van der Waals surface area contributed by atoms with Crippen molar-refractivity contribution in [3.8, 4) is 0 Å². The lowest BCUT2D eigenvalue weighted by molar-refractivity contribution is 0.587. The highest BCUT2D eigenvalue weighted by atomic mass is 32.2. The summed E-state index contributed by atoms with van der Waals surface area (Å²) in [5.74, 6) is 0. The maximum Gasteiger partial charge on any atom is 0.269 e. The molecule has 2 N–H and O–H groups in total. The fourth-order valence-electron chi connectivity index (χ4n) is 1.31. The zero-order valence-electron chi connectivity index (χ0n) is 8.45. The Kier molecular flexibility index (Phi) is 2.76. The molecule has 0 aromatic carbocycles. The number of hydrogen-bond acceptors (Lipinski definition) is 4. The topological polar surface area (TPSA) is 78.0 Å². The molecule has 0 aliphatic carbocycles. The molecule has 2 aromatic rings. The van der Waals surface area contributed by atoms with Crippen LogP contribution in [0.25, 0.3) is 0 Å². The van der Waals surface area contributed by atoms with E-state index in [0.29, 0.717) is 6.54 Å². The van der Waals surface area contributed by atoms with Crippen LogP contribution in [-0.4, -0.2) is 17.4 Å². The normalized spacial score (nSPS) is 11.6. The second-order valence-corrected chi connectivity index (χ2v) is 5.09. The third kappa shape index (κ3) is 1.84. The SMILES string of the molecule is NCc1ccn(S(=O)(=O)c2cccnc2)c1. The summed E-state index contributed by atoms with van der Waals surface area (Å²) in [4.78, 5) is 3.95. The fraction of sp³-hybridized carbons (Fsp3) is 0.100. The summed E-state index contributed by atoms with van der Waals surface area (Å²) in [6, 6.07) is 4.76. The number of pyridine rings is 1. The molecule has 0 saturated carbocycles. The van der Waals surface area contributed by atoms with Crippen molar-refractivity contribution in [3.63, 3.8) is 0 Å². The Bertz CT molecular complexity index is 575. The van der Waals surface area contributed by atoms with E-state index in [4.69, 9.17) is 5.73 Å². The van der Waals surface area contributed by atoms with Crippen LogP contribution in [0.3, 0.4) is 0 Å². The first-order valence-electron chi connectivity index (χ1n) is 4.67. The standard InChI is InChI=1S/C10H11N3O2S/c11-6-9-3-5-13(8-9)16(14,15)10-2-1-4-12-7-10/h1-5,7-8H,6,11H2. The third-order valence-electron chi connectivity index (χ3n) is 2.17. The molecular weight excluding hydrogens is 226 g/mol. The summed E-state index contributed by atoms with van der Waals surface area (Å²) in [6.45, 7) is 0.315. The smallest absolute Gasteiger partial charge is 0.269 e. The third-order valence-corrected chi connectivity index (χ3v) is 3.79. The minimum atomic E-state index is -3.53. The van der Waals surface area contributed by atoms with E-state index >= 15 is 0 Å². The Hall–Kier alpha value is -1.66. The molecule has 0 unspecified atom stereocenters. The van der Waals surface area contributed by atoms with Gasteiger partial charge in [-0.25, -0.2) is 12.4 Å². The van der Waals surface area contributed by atoms with E-state index in [1.54, 1.807) is 12.1 Å². The van der Waals surface area contributed by atoms with Crippen LogP contribution in [-0.2, 0) is 16.6 Å². The van der Waals surface area contributed by atoms with E-state index < -0.39 is 10.0 Å². The van der Waals surface area contributed by atoms with Crippen LogP contribution in [0.15, 0.2) is 47.9 Å². The molecule has 2 rings (SSSR count).